The molecular formula is C15H24BrClN2O. The molecule has 2 N–H and O–H groups in total. The van der Waals surface area contributed by atoms with Gasteiger partial charge in [-0.2, -0.15) is 0 Å². The van der Waals surface area contributed by atoms with E-state index in [0.29, 0.717) is 13.1 Å². The van der Waals surface area contributed by atoms with E-state index < -0.39 is 5.41 Å². The van der Waals surface area contributed by atoms with Gasteiger partial charge in [-0.1, -0.05) is 41.9 Å². The predicted molar refractivity (Wildman–Crippen MR) is 89.9 cm³/mol. The fourth-order valence-electron chi connectivity index (χ4n) is 2.31. The first kappa shape index (κ1) is 19.4. The molecule has 20 heavy (non-hydrogen) atoms. The highest BCUT2D eigenvalue weighted by atomic mass is 79.9. The largest absolute Gasteiger partial charge is 0.341 e. The van der Waals surface area contributed by atoms with Crippen LogP contribution in [0.25, 0.3) is 0 Å². The third kappa shape index (κ3) is 4.47. The van der Waals surface area contributed by atoms with E-state index in [-0.39, 0.29) is 18.3 Å². The number of nitrogens with zero attached hydrogens (tertiary/aromatic N) is 1. The molecule has 1 rings (SSSR count). The Bertz CT molecular complexity index is 427. The summed E-state index contributed by atoms with van der Waals surface area (Å²) < 4.78 is 1.03. The average Bonchev–Trinajstić information content (AvgIpc) is 2.41. The molecule has 0 saturated heterocycles. The molecular weight excluding hydrogens is 340 g/mol. The number of hydrogen-bond donors (Lipinski definition) is 1. The first-order valence-corrected chi connectivity index (χ1v) is 7.48. The van der Waals surface area contributed by atoms with Crippen LogP contribution in [0.1, 0.15) is 32.3 Å². The van der Waals surface area contributed by atoms with E-state index in [0.717, 1.165) is 22.9 Å². The number of nitrogens with two attached hydrogens (primary N) is 1. The minimum absolute atomic E-state index is 0. The van der Waals surface area contributed by atoms with Gasteiger partial charge in [0.05, 0.1) is 5.41 Å². The summed E-state index contributed by atoms with van der Waals surface area (Å²) in [4.78, 5) is 14.4. The van der Waals surface area contributed by atoms with Crippen molar-refractivity contribution in [3.05, 3.63) is 34.3 Å². The van der Waals surface area contributed by atoms with E-state index in [1.54, 1.807) is 4.90 Å². The van der Waals surface area contributed by atoms with Gasteiger partial charge in [-0.15, -0.1) is 12.4 Å². The molecule has 0 fully saturated rings. The first-order chi connectivity index (χ1) is 8.99. The van der Waals surface area contributed by atoms with Crippen LogP contribution in [0.4, 0.5) is 0 Å². The zero-order valence-corrected chi connectivity index (χ0v) is 14.8. The SMILES string of the molecule is CCC(CC)(CN)C(=O)N(C)Cc1cccc(Br)c1.Cl. The highest BCUT2D eigenvalue weighted by Gasteiger charge is 2.35. The van der Waals surface area contributed by atoms with Crippen molar-refractivity contribution < 1.29 is 4.79 Å². The molecule has 0 heterocycles. The Morgan fingerprint density at radius 1 is 1.35 bits per heavy atom. The van der Waals surface area contributed by atoms with Crippen LogP contribution in [0.2, 0.25) is 0 Å². The summed E-state index contributed by atoms with van der Waals surface area (Å²) in [6.45, 7) is 5.07. The maximum absolute atomic E-state index is 12.6. The molecule has 114 valence electrons. The van der Waals surface area contributed by atoms with Crippen LogP contribution >= 0.6 is 28.3 Å². The molecule has 5 heteroatoms. The monoisotopic (exact) mass is 362 g/mol. The Labute approximate surface area is 136 Å². The van der Waals surface area contributed by atoms with E-state index in [1.807, 2.05) is 45.2 Å². The fraction of sp³-hybridized carbons (Fsp3) is 0.533. The van der Waals surface area contributed by atoms with Crippen LogP contribution in [-0.2, 0) is 11.3 Å². The van der Waals surface area contributed by atoms with E-state index in [4.69, 9.17) is 5.73 Å². The summed E-state index contributed by atoms with van der Waals surface area (Å²) in [5.41, 5.74) is 6.53. The summed E-state index contributed by atoms with van der Waals surface area (Å²) in [7, 11) is 1.85. The lowest BCUT2D eigenvalue weighted by Crippen LogP contribution is -2.45. The molecule has 1 aromatic carbocycles. The molecule has 3 nitrogen and oxygen atoms in total. The number of hydrogen-bond acceptors (Lipinski definition) is 2. The smallest absolute Gasteiger partial charge is 0.230 e. The van der Waals surface area contributed by atoms with Crippen molar-refractivity contribution in [3.8, 4) is 0 Å². The van der Waals surface area contributed by atoms with E-state index in [1.165, 1.54) is 0 Å². The number of amides is 1. The van der Waals surface area contributed by atoms with Gasteiger partial charge in [0.2, 0.25) is 5.91 Å². The molecule has 0 unspecified atom stereocenters. The highest BCUT2D eigenvalue weighted by Crippen LogP contribution is 2.28. The van der Waals surface area contributed by atoms with Gasteiger partial charge in [-0.3, -0.25) is 4.79 Å². The zero-order chi connectivity index (χ0) is 14.5. The van der Waals surface area contributed by atoms with Crippen LogP contribution in [0.5, 0.6) is 0 Å². The van der Waals surface area contributed by atoms with Crippen molar-refractivity contribution in [2.24, 2.45) is 11.1 Å². The van der Waals surface area contributed by atoms with Crippen LogP contribution in [0.15, 0.2) is 28.7 Å². The maximum Gasteiger partial charge on any atom is 0.230 e. The summed E-state index contributed by atoms with van der Waals surface area (Å²) in [6, 6.07) is 8.02. The maximum atomic E-state index is 12.6. The number of carbonyl (C=O) groups is 1. The summed E-state index contributed by atoms with van der Waals surface area (Å²) in [5.74, 6) is 0.139. The second-order valence-corrected chi connectivity index (χ2v) is 5.90. The van der Waals surface area contributed by atoms with E-state index in [9.17, 15) is 4.79 Å². The fourth-order valence-corrected chi connectivity index (χ4v) is 2.76. The highest BCUT2D eigenvalue weighted by molar-refractivity contribution is 9.10. The van der Waals surface area contributed by atoms with E-state index in [2.05, 4.69) is 15.9 Å². The van der Waals surface area contributed by atoms with Crippen molar-refractivity contribution >= 4 is 34.2 Å². The summed E-state index contributed by atoms with van der Waals surface area (Å²) >= 11 is 3.45. The van der Waals surface area contributed by atoms with Crippen molar-refractivity contribution in [2.45, 2.75) is 33.2 Å². The quantitative estimate of drug-likeness (QED) is 0.839. The molecule has 0 aliphatic carbocycles. The van der Waals surface area contributed by atoms with Gasteiger partial charge in [0, 0.05) is 24.6 Å². The Balaban J connectivity index is 0.00000361. The van der Waals surface area contributed by atoms with Gasteiger partial charge in [-0.05, 0) is 30.5 Å². The van der Waals surface area contributed by atoms with Crippen LogP contribution in [0, 0.1) is 5.41 Å². The lowest BCUT2D eigenvalue weighted by atomic mass is 9.81. The zero-order valence-electron chi connectivity index (χ0n) is 12.4. The molecule has 0 aliphatic rings. The Morgan fingerprint density at radius 2 is 1.95 bits per heavy atom. The number of halogens is 2. The molecule has 0 aromatic heterocycles. The molecule has 0 spiro atoms. The van der Waals surface area contributed by atoms with E-state index >= 15 is 0 Å². The minimum atomic E-state index is -0.416. The van der Waals surface area contributed by atoms with Crippen LogP contribution in [0.3, 0.4) is 0 Å². The Kier molecular flexibility index (Phi) is 8.40. The third-order valence-corrected chi connectivity index (χ3v) is 4.35. The normalized spacial score (nSPS) is 10.8. The predicted octanol–water partition coefficient (Wildman–Crippen LogP) is 3.59. The molecule has 0 radical (unpaired) electrons. The van der Waals surface area contributed by atoms with Crippen molar-refractivity contribution in [2.75, 3.05) is 13.6 Å². The Hall–Kier alpha value is -0.580. The molecule has 0 aliphatic heterocycles. The lowest BCUT2D eigenvalue weighted by molar-refractivity contribution is -0.141. The lowest BCUT2D eigenvalue weighted by Gasteiger charge is -2.33. The van der Waals surface area contributed by atoms with Crippen molar-refractivity contribution in [1.82, 2.24) is 4.90 Å². The molecule has 0 bridgehead atoms. The second-order valence-electron chi connectivity index (χ2n) is 4.98. The first-order valence-electron chi connectivity index (χ1n) is 6.69. The second kappa shape index (κ2) is 8.65. The van der Waals surface area contributed by atoms with Crippen LogP contribution in [-0.4, -0.2) is 24.4 Å². The Morgan fingerprint density at radius 3 is 2.40 bits per heavy atom. The average molecular weight is 364 g/mol. The van der Waals surface area contributed by atoms with Crippen molar-refractivity contribution in [3.63, 3.8) is 0 Å². The minimum Gasteiger partial charge on any atom is -0.341 e. The van der Waals surface area contributed by atoms with Gasteiger partial charge in [0.25, 0.3) is 0 Å². The molecule has 1 amide bonds. The summed E-state index contributed by atoms with van der Waals surface area (Å²) in [5, 5.41) is 0. The van der Waals surface area contributed by atoms with Gasteiger partial charge in [-0.25, -0.2) is 0 Å². The number of benzene rings is 1. The van der Waals surface area contributed by atoms with Gasteiger partial charge in [0.1, 0.15) is 0 Å². The third-order valence-electron chi connectivity index (χ3n) is 3.85. The van der Waals surface area contributed by atoms with Gasteiger partial charge >= 0.3 is 0 Å². The number of carbonyl (C=O) groups excluding carboxylic acids is 1. The van der Waals surface area contributed by atoms with Gasteiger partial charge in [0.15, 0.2) is 0 Å². The molecule has 0 atom stereocenters. The van der Waals surface area contributed by atoms with Gasteiger partial charge < -0.3 is 10.6 Å². The summed E-state index contributed by atoms with van der Waals surface area (Å²) in [6.07, 6.45) is 1.56. The van der Waals surface area contributed by atoms with Crippen LogP contribution < -0.4 is 5.73 Å². The molecule has 1 aromatic rings. The topological polar surface area (TPSA) is 46.3 Å². The van der Waals surface area contributed by atoms with Crippen molar-refractivity contribution in [1.29, 1.82) is 0 Å². The molecule has 0 saturated carbocycles. The standard InChI is InChI=1S/C15H23BrN2O.ClH/c1-4-15(5-2,11-17)14(19)18(3)10-12-7-6-8-13(16)9-12;/h6-9H,4-5,10-11,17H2,1-3H3;1H. The number of rotatable bonds is 6.